The van der Waals surface area contributed by atoms with Gasteiger partial charge in [-0.05, 0) is 24.3 Å². The van der Waals surface area contributed by atoms with Crippen molar-refractivity contribution in [3.8, 4) is 11.3 Å². The fourth-order valence-electron chi connectivity index (χ4n) is 2.78. The number of nitrogens with zero attached hydrogens (tertiary/aromatic N) is 3. The van der Waals surface area contributed by atoms with E-state index in [2.05, 4.69) is 10.1 Å². The van der Waals surface area contributed by atoms with Gasteiger partial charge in [0.25, 0.3) is 0 Å². The van der Waals surface area contributed by atoms with E-state index in [-0.39, 0.29) is 11.5 Å². The van der Waals surface area contributed by atoms with Crippen molar-refractivity contribution in [3.05, 3.63) is 82.4 Å². The average Bonchev–Trinajstić information content (AvgIpc) is 2.69. The Hall–Kier alpha value is -3.06. The summed E-state index contributed by atoms with van der Waals surface area (Å²) in [4.78, 5) is 5.87. The first-order chi connectivity index (χ1) is 13.7. The Bertz CT molecular complexity index is 1030. The van der Waals surface area contributed by atoms with Gasteiger partial charge in [0.05, 0.1) is 17.0 Å². The van der Waals surface area contributed by atoms with E-state index in [1.165, 1.54) is 4.90 Å². The van der Waals surface area contributed by atoms with Gasteiger partial charge in [0, 0.05) is 35.8 Å². The molecule has 0 unspecified atom stereocenters. The van der Waals surface area contributed by atoms with Gasteiger partial charge in [-0.25, -0.2) is 4.98 Å². The second-order valence-electron chi connectivity index (χ2n) is 6.55. The molecule has 150 valence electrons. The van der Waals surface area contributed by atoms with Crippen molar-refractivity contribution in [2.75, 3.05) is 19.0 Å². The van der Waals surface area contributed by atoms with Gasteiger partial charge in [-0.15, -0.1) is 0 Å². The van der Waals surface area contributed by atoms with E-state index in [4.69, 9.17) is 17.4 Å². The Morgan fingerprint density at radius 2 is 1.52 bits per heavy atom. The summed E-state index contributed by atoms with van der Waals surface area (Å²) < 4.78 is 39.8. The molecule has 3 rings (SSSR count). The van der Waals surface area contributed by atoms with E-state index < -0.39 is 11.7 Å². The predicted molar refractivity (Wildman–Crippen MR) is 110 cm³/mol. The third-order valence-corrected chi connectivity index (χ3v) is 4.55. The van der Waals surface area contributed by atoms with Gasteiger partial charge in [-0.2, -0.15) is 18.3 Å². The molecular weight excluding hydrogens is 401 g/mol. The van der Waals surface area contributed by atoms with E-state index in [9.17, 15) is 13.2 Å². The number of nitrogens with two attached hydrogens (primary N) is 1. The normalized spacial score (nSPS) is 12.1. The molecule has 3 aromatic rings. The van der Waals surface area contributed by atoms with Gasteiger partial charge < -0.3 is 10.7 Å². The number of benzene rings is 2. The lowest BCUT2D eigenvalue weighted by atomic mass is 10.00. The van der Waals surface area contributed by atoms with Gasteiger partial charge in [-0.1, -0.05) is 48.0 Å². The quantitative estimate of drug-likeness (QED) is 0.360. The van der Waals surface area contributed by atoms with E-state index >= 15 is 0 Å². The van der Waals surface area contributed by atoms with Crippen molar-refractivity contribution in [3.63, 3.8) is 0 Å². The van der Waals surface area contributed by atoms with Crippen LogP contribution in [0.15, 0.2) is 65.8 Å². The number of alkyl halides is 3. The van der Waals surface area contributed by atoms with Gasteiger partial charge in [0.2, 0.25) is 0 Å². The van der Waals surface area contributed by atoms with Crippen LogP contribution >= 0.6 is 11.6 Å². The summed E-state index contributed by atoms with van der Waals surface area (Å²) in [5.74, 6) is 5.78. The van der Waals surface area contributed by atoms with Crippen LogP contribution in [-0.4, -0.2) is 24.8 Å². The van der Waals surface area contributed by atoms with Crippen molar-refractivity contribution in [2.24, 2.45) is 10.9 Å². The zero-order valence-corrected chi connectivity index (χ0v) is 16.5. The monoisotopic (exact) mass is 418 g/mol. The smallest absolute Gasteiger partial charge is 0.363 e. The number of hydrazone groups is 1. The lowest BCUT2D eigenvalue weighted by Gasteiger charge is -2.16. The minimum absolute atomic E-state index is 0.226. The first-order valence-corrected chi connectivity index (χ1v) is 8.98. The molecule has 2 aromatic carbocycles. The Morgan fingerprint density at radius 1 is 0.966 bits per heavy atom. The second kappa shape index (κ2) is 8.13. The Balaban J connectivity index is 2.00. The van der Waals surface area contributed by atoms with Gasteiger partial charge in [0.15, 0.2) is 0 Å². The van der Waals surface area contributed by atoms with Crippen LogP contribution in [0.3, 0.4) is 0 Å². The lowest BCUT2D eigenvalue weighted by molar-refractivity contribution is -0.137. The number of halogens is 4. The van der Waals surface area contributed by atoms with Crippen LogP contribution in [0.4, 0.5) is 19.0 Å². The summed E-state index contributed by atoms with van der Waals surface area (Å²) in [6, 6.07) is 16.0. The molecule has 1 heterocycles. The Morgan fingerprint density at radius 3 is 2.00 bits per heavy atom. The zero-order valence-electron chi connectivity index (χ0n) is 15.7. The average molecular weight is 419 g/mol. The van der Waals surface area contributed by atoms with Gasteiger partial charge in [-0.3, -0.25) is 0 Å². The van der Waals surface area contributed by atoms with Crippen molar-refractivity contribution in [1.82, 2.24) is 4.98 Å². The summed E-state index contributed by atoms with van der Waals surface area (Å²) >= 11 is 5.91. The molecule has 0 radical (unpaired) electrons. The highest BCUT2D eigenvalue weighted by Gasteiger charge is 2.32. The number of anilines is 1. The minimum Gasteiger partial charge on any atom is -0.363 e. The van der Waals surface area contributed by atoms with Crippen LogP contribution in [0.5, 0.6) is 0 Å². The molecule has 0 amide bonds. The molecule has 1 aromatic heterocycles. The highest BCUT2D eigenvalue weighted by molar-refractivity contribution is 6.30. The minimum atomic E-state index is -4.46. The van der Waals surface area contributed by atoms with Crippen LogP contribution in [0.25, 0.3) is 11.3 Å². The molecular formula is C21H18ClF3N4. The molecule has 4 nitrogen and oxygen atoms in total. The van der Waals surface area contributed by atoms with Crippen molar-refractivity contribution >= 4 is 23.1 Å². The molecule has 0 saturated heterocycles. The molecule has 0 aliphatic heterocycles. The van der Waals surface area contributed by atoms with Gasteiger partial charge >= 0.3 is 6.18 Å². The fourth-order valence-corrected chi connectivity index (χ4v) is 2.90. The largest absolute Gasteiger partial charge is 0.416 e. The molecule has 8 heteroatoms. The molecule has 0 bridgehead atoms. The summed E-state index contributed by atoms with van der Waals surface area (Å²) in [6.07, 6.45) is -4.46. The Labute approximate surface area is 171 Å². The SMILES string of the molecule is CN(C)c1cc(C(F)(F)F)cc(-c2ccc(/C(=N\N)c3ccc(Cl)cc3)cc2)n1. The van der Waals surface area contributed by atoms with Crippen LogP contribution in [0.1, 0.15) is 16.7 Å². The maximum atomic E-state index is 13.3. The third kappa shape index (κ3) is 4.68. The maximum Gasteiger partial charge on any atom is 0.416 e. The van der Waals surface area contributed by atoms with E-state index in [0.29, 0.717) is 16.3 Å². The van der Waals surface area contributed by atoms with E-state index in [1.807, 2.05) is 0 Å². The number of pyridine rings is 1. The van der Waals surface area contributed by atoms with Crippen molar-refractivity contribution < 1.29 is 13.2 Å². The molecule has 2 N–H and O–H groups in total. The first kappa shape index (κ1) is 20.7. The molecule has 0 atom stereocenters. The lowest BCUT2D eigenvalue weighted by Crippen LogP contribution is -2.14. The zero-order chi connectivity index (χ0) is 21.2. The van der Waals surface area contributed by atoms with E-state index in [0.717, 1.165) is 23.3 Å². The van der Waals surface area contributed by atoms with Crippen LogP contribution in [0.2, 0.25) is 5.02 Å². The molecule has 0 spiro atoms. The molecule has 0 fully saturated rings. The highest BCUT2D eigenvalue weighted by Crippen LogP contribution is 2.34. The molecule has 0 aliphatic carbocycles. The Kier molecular flexibility index (Phi) is 5.79. The number of hydrogen-bond donors (Lipinski definition) is 1. The van der Waals surface area contributed by atoms with E-state index in [1.54, 1.807) is 62.6 Å². The number of hydrogen-bond acceptors (Lipinski definition) is 4. The summed E-state index contributed by atoms with van der Waals surface area (Å²) in [6.45, 7) is 0. The summed E-state index contributed by atoms with van der Waals surface area (Å²) in [5, 5.41) is 4.44. The molecule has 29 heavy (non-hydrogen) atoms. The summed E-state index contributed by atoms with van der Waals surface area (Å²) in [7, 11) is 3.29. The third-order valence-electron chi connectivity index (χ3n) is 4.30. The fraction of sp³-hybridized carbons (Fsp3) is 0.143. The van der Waals surface area contributed by atoms with Crippen LogP contribution in [-0.2, 0) is 6.18 Å². The topological polar surface area (TPSA) is 54.5 Å². The number of rotatable bonds is 4. The second-order valence-corrected chi connectivity index (χ2v) is 6.99. The van der Waals surface area contributed by atoms with Crippen LogP contribution in [0, 0.1) is 0 Å². The molecule has 0 saturated carbocycles. The maximum absolute atomic E-state index is 13.3. The standard InChI is InChI=1S/C21H18ClF3N4/c1-29(2)19-12-16(21(23,24)25)11-18(27-19)13-3-5-14(6-4-13)20(28-26)15-7-9-17(22)10-8-15/h3-12H,26H2,1-2H3/b28-20+. The summed E-state index contributed by atoms with van der Waals surface area (Å²) in [5.41, 5.74) is 2.07. The number of aromatic nitrogens is 1. The first-order valence-electron chi connectivity index (χ1n) is 8.60. The van der Waals surface area contributed by atoms with Gasteiger partial charge in [0.1, 0.15) is 5.82 Å². The highest BCUT2D eigenvalue weighted by atomic mass is 35.5. The van der Waals surface area contributed by atoms with Crippen molar-refractivity contribution in [1.29, 1.82) is 0 Å². The predicted octanol–water partition coefficient (Wildman–Crippen LogP) is 5.20. The van der Waals surface area contributed by atoms with Crippen molar-refractivity contribution in [2.45, 2.75) is 6.18 Å². The molecule has 0 aliphatic rings. The van der Waals surface area contributed by atoms with Crippen LogP contribution < -0.4 is 10.7 Å².